The van der Waals surface area contributed by atoms with Crippen LogP contribution in [0.25, 0.3) is 27.7 Å². The normalized spacial score (nSPS) is 22.0. The molecule has 3 N–H and O–H groups in total. The summed E-state index contributed by atoms with van der Waals surface area (Å²) < 4.78 is 71.2. The van der Waals surface area contributed by atoms with Gasteiger partial charge in [0.2, 0.25) is 5.37 Å². The highest BCUT2D eigenvalue weighted by Crippen LogP contribution is 2.58. The number of thiazole rings is 1. The SMILES string of the molecule is O=S(=O)(O)CCC[n+]1c(C=C2Sc3ccc(I)cc3[N+]23CCC3S(=O)(=O)O)sc2cc(-c3ccccc3)[nH]c21. The molecule has 0 radical (unpaired) electrons. The topological polar surface area (TPSA) is 128 Å². The van der Waals surface area contributed by atoms with E-state index in [1.165, 1.54) is 23.1 Å². The van der Waals surface area contributed by atoms with E-state index in [2.05, 4.69) is 27.6 Å². The number of rotatable bonds is 7. The number of aryl methyl sites for hydroxylation is 1. The fourth-order valence-electron chi connectivity index (χ4n) is 5.34. The Balaban J connectivity index is 1.48. The summed E-state index contributed by atoms with van der Waals surface area (Å²) in [5.74, 6) is -0.372. The van der Waals surface area contributed by atoms with Crippen LogP contribution in [0.4, 0.5) is 5.69 Å². The second kappa shape index (κ2) is 9.94. The highest BCUT2D eigenvalue weighted by atomic mass is 127. The lowest BCUT2D eigenvalue weighted by Gasteiger charge is -2.47. The average Bonchev–Trinajstić information content (AvgIpc) is 3.48. The van der Waals surface area contributed by atoms with Crippen LogP contribution < -0.4 is 9.05 Å². The molecule has 4 aromatic rings. The molecule has 39 heavy (non-hydrogen) atoms. The van der Waals surface area contributed by atoms with Crippen molar-refractivity contribution >= 4 is 88.0 Å². The maximum Gasteiger partial charge on any atom is 0.320 e. The summed E-state index contributed by atoms with van der Waals surface area (Å²) in [7, 11) is -8.44. The van der Waals surface area contributed by atoms with Crippen molar-refractivity contribution < 1.29 is 30.5 Å². The van der Waals surface area contributed by atoms with Gasteiger partial charge in [0.05, 0.1) is 36.2 Å². The lowest BCUT2D eigenvalue weighted by Crippen LogP contribution is -2.66. The van der Waals surface area contributed by atoms with Crippen molar-refractivity contribution in [1.29, 1.82) is 0 Å². The molecule has 0 amide bonds. The summed E-state index contributed by atoms with van der Waals surface area (Å²) in [6.45, 7) is 0.866. The molecule has 1 spiro atoms. The van der Waals surface area contributed by atoms with Gasteiger partial charge < -0.3 is 0 Å². The Morgan fingerprint density at radius 2 is 1.87 bits per heavy atom. The van der Waals surface area contributed by atoms with Crippen LogP contribution in [0.1, 0.15) is 17.8 Å². The molecular formula is C25H24IN3O6S4+2. The van der Waals surface area contributed by atoms with Crippen molar-refractivity contribution in [3.8, 4) is 11.3 Å². The zero-order valence-corrected chi connectivity index (χ0v) is 25.7. The number of hydrogen-bond acceptors (Lipinski definition) is 6. The van der Waals surface area contributed by atoms with Crippen LogP contribution in [-0.2, 0) is 26.8 Å². The zero-order chi connectivity index (χ0) is 27.6. The number of H-pyrrole nitrogens is 1. The second-order valence-electron chi connectivity index (χ2n) is 9.54. The third kappa shape index (κ3) is 4.98. The van der Waals surface area contributed by atoms with E-state index in [4.69, 9.17) is 0 Å². The van der Waals surface area contributed by atoms with Gasteiger partial charge in [-0.3, -0.25) is 9.11 Å². The van der Waals surface area contributed by atoms with Crippen molar-refractivity contribution in [1.82, 2.24) is 9.47 Å². The Labute approximate surface area is 247 Å². The number of hydrogen-bond donors (Lipinski definition) is 3. The number of nitrogens with one attached hydrogen (secondary N) is 1. The minimum atomic E-state index is -4.32. The quantitative estimate of drug-likeness (QED) is 0.105. The summed E-state index contributed by atoms with van der Waals surface area (Å²) in [5.41, 5.74) is 3.62. The number of benzene rings is 2. The Bertz CT molecular complexity index is 1850. The molecule has 2 aliphatic heterocycles. The van der Waals surface area contributed by atoms with Gasteiger partial charge >= 0.3 is 10.1 Å². The van der Waals surface area contributed by atoms with E-state index in [0.29, 0.717) is 19.5 Å². The molecular weight excluding hydrogens is 693 g/mol. The van der Waals surface area contributed by atoms with Gasteiger partial charge in [0.1, 0.15) is 10.4 Å². The average molecular weight is 718 g/mol. The van der Waals surface area contributed by atoms with Crippen LogP contribution >= 0.6 is 45.7 Å². The lowest BCUT2D eigenvalue weighted by molar-refractivity contribution is -0.670. The molecule has 2 unspecified atom stereocenters. The number of nitrogens with zero attached hydrogens (tertiary/aromatic N) is 2. The predicted octanol–water partition coefficient (Wildman–Crippen LogP) is 5.10. The summed E-state index contributed by atoms with van der Waals surface area (Å²) in [6, 6.07) is 17.8. The molecule has 0 bridgehead atoms. The summed E-state index contributed by atoms with van der Waals surface area (Å²) in [5, 5.41) is 0.615. The molecule has 2 aliphatic rings. The highest BCUT2D eigenvalue weighted by molar-refractivity contribution is 14.1. The van der Waals surface area contributed by atoms with Gasteiger partial charge in [0.15, 0.2) is 15.7 Å². The van der Waals surface area contributed by atoms with Gasteiger partial charge in [0, 0.05) is 27.7 Å². The number of aromatic amines is 1. The molecule has 2 aromatic heterocycles. The first-order valence-electron chi connectivity index (χ1n) is 12.1. The Morgan fingerprint density at radius 3 is 2.54 bits per heavy atom. The Hall–Kier alpha value is -1.79. The minimum absolute atomic E-state index is 0.0434. The van der Waals surface area contributed by atoms with E-state index in [0.717, 1.165) is 45.8 Å². The van der Waals surface area contributed by atoms with Crippen LogP contribution in [0, 0.1) is 3.57 Å². The monoisotopic (exact) mass is 717 g/mol. The minimum Gasteiger partial charge on any atom is -0.286 e. The van der Waals surface area contributed by atoms with E-state index in [-0.39, 0.29) is 16.7 Å². The molecule has 6 rings (SSSR count). The second-order valence-corrected chi connectivity index (χ2v) is 16.1. The molecule has 0 saturated carbocycles. The lowest BCUT2D eigenvalue weighted by atomic mass is 10.1. The van der Waals surface area contributed by atoms with Crippen molar-refractivity contribution in [2.24, 2.45) is 0 Å². The summed E-state index contributed by atoms with van der Waals surface area (Å²) in [6.07, 6.45) is 2.51. The van der Waals surface area contributed by atoms with Crippen LogP contribution in [0.3, 0.4) is 0 Å². The number of thioether (sulfide) groups is 1. The van der Waals surface area contributed by atoms with Crippen LogP contribution in [0.5, 0.6) is 0 Å². The number of fused-ring (bicyclic) bond motifs is 3. The fourth-order valence-corrected chi connectivity index (χ4v) is 10.1. The molecule has 2 aromatic carbocycles. The fraction of sp³-hybridized carbons (Fsp3) is 0.240. The summed E-state index contributed by atoms with van der Waals surface area (Å²) in [4.78, 5) is 4.41. The maximum atomic E-state index is 12.5. The van der Waals surface area contributed by atoms with Gasteiger partial charge in [-0.15, -0.1) is 0 Å². The van der Waals surface area contributed by atoms with E-state index < -0.39 is 25.6 Å². The Morgan fingerprint density at radius 1 is 1.10 bits per heavy atom. The standard InChI is InChI=1S/C25H22IN3O6S4/c26-17-7-8-20-19(13-17)29(11-9-24(29)39(33,34)35)23(37-20)15-22-28(10-4-12-38(30,31)32)25-21(36-22)14-18(27-25)16-5-2-1-3-6-16/h1-3,5-8,13-15,24,27H,4,9-12H2/p+2. The number of aromatic nitrogens is 2. The summed E-state index contributed by atoms with van der Waals surface area (Å²) >= 11 is 5.22. The smallest absolute Gasteiger partial charge is 0.286 e. The molecule has 1 saturated heterocycles. The van der Waals surface area contributed by atoms with E-state index in [1.54, 1.807) is 0 Å². The van der Waals surface area contributed by atoms with Crippen molar-refractivity contribution in [3.63, 3.8) is 0 Å². The van der Waals surface area contributed by atoms with E-state index in [1.807, 2.05) is 65.2 Å². The van der Waals surface area contributed by atoms with Crippen molar-refractivity contribution in [3.05, 3.63) is 68.2 Å². The number of halogens is 1. The first-order valence-corrected chi connectivity index (χ1v) is 17.9. The van der Waals surface area contributed by atoms with Gasteiger partial charge in [0.25, 0.3) is 15.8 Å². The van der Waals surface area contributed by atoms with Gasteiger partial charge in [-0.1, -0.05) is 41.7 Å². The Kier molecular flexibility index (Phi) is 6.98. The first kappa shape index (κ1) is 27.4. The van der Waals surface area contributed by atoms with Gasteiger partial charge in [-0.25, -0.2) is 14.0 Å². The van der Waals surface area contributed by atoms with Gasteiger partial charge in [-0.05, 0) is 46.5 Å². The van der Waals surface area contributed by atoms with E-state index in [9.17, 15) is 25.9 Å². The predicted molar refractivity (Wildman–Crippen MR) is 162 cm³/mol. The maximum absolute atomic E-state index is 12.5. The highest BCUT2D eigenvalue weighted by Gasteiger charge is 2.62. The first-order chi connectivity index (χ1) is 18.5. The molecule has 2 atom stereocenters. The van der Waals surface area contributed by atoms with E-state index >= 15 is 0 Å². The van der Waals surface area contributed by atoms with Crippen molar-refractivity contribution in [2.45, 2.75) is 29.7 Å². The van der Waals surface area contributed by atoms with Crippen LogP contribution in [-0.4, -0.2) is 48.6 Å². The van der Waals surface area contributed by atoms with Gasteiger partial charge in [-0.2, -0.15) is 16.8 Å². The molecule has 14 heteroatoms. The molecule has 0 aliphatic carbocycles. The largest absolute Gasteiger partial charge is 0.320 e. The molecule has 1 fully saturated rings. The number of quaternary nitrogens is 1. The molecule has 4 heterocycles. The molecule has 204 valence electrons. The van der Waals surface area contributed by atoms with Crippen LogP contribution in [0.15, 0.2) is 64.5 Å². The zero-order valence-electron chi connectivity index (χ0n) is 20.3. The third-order valence-corrected chi connectivity index (χ3v) is 12.2. The third-order valence-electron chi connectivity index (χ3n) is 7.15. The van der Waals surface area contributed by atoms with Crippen LogP contribution in [0.2, 0.25) is 0 Å². The van der Waals surface area contributed by atoms with Crippen molar-refractivity contribution in [2.75, 3.05) is 12.3 Å². The molecule has 9 nitrogen and oxygen atoms in total.